The van der Waals surface area contributed by atoms with Crippen LogP contribution in [0.3, 0.4) is 0 Å². The summed E-state index contributed by atoms with van der Waals surface area (Å²) in [5.74, 6) is -1.18. The van der Waals surface area contributed by atoms with Gasteiger partial charge in [-0.05, 0) is 98.7 Å². The minimum Gasteiger partial charge on any atom is -0.481 e. The third-order valence-electron chi connectivity index (χ3n) is 15.6. The molecule has 0 bridgehead atoms. The minimum absolute atomic E-state index is 0.00336. The Morgan fingerprint density at radius 3 is 2.25 bits per heavy atom. The lowest BCUT2D eigenvalue weighted by Gasteiger charge is -2.71. The second-order valence-corrected chi connectivity index (χ2v) is 17.7. The fraction of sp³-hybridized carbons (Fsp3) is 0.892. The van der Waals surface area contributed by atoms with E-state index < -0.39 is 58.8 Å². The largest absolute Gasteiger partial charge is 0.481 e. The molecule has 1 aliphatic heterocycles. The summed E-state index contributed by atoms with van der Waals surface area (Å²) in [7, 11) is 1.40. The molecule has 6 aliphatic rings. The van der Waals surface area contributed by atoms with Gasteiger partial charge >= 0.3 is 11.9 Å². The predicted molar refractivity (Wildman–Crippen MR) is 173 cm³/mol. The quantitative estimate of drug-likeness (QED) is 0.179. The summed E-state index contributed by atoms with van der Waals surface area (Å²) in [5, 5.41) is 64.1. The van der Waals surface area contributed by atoms with Crippen LogP contribution in [0.2, 0.25) is 0 Å². The highest BCUT2D eigenvalue weighted by molar-refractivity contribution is 5.80. The van der Waals surface area contributed by atoms with Gasteiger partial charge in [-0.1, -0.05) is 39.3 Å². The number of rotatable bonds is 6. The zero-order valence-corrected chi connectivity index (χ0v) is 29.5. The zero-order chi connectivity index (χ0) is 35.2. The van der Waals surface area contributed by atoms with E-state index in [1.54, 1.807) is 0 Å². The molecule has 6 N–H and O–H groups in total. The lowest BCUT2D eigenvalue weighted by atomic mass is 9.33. The Hall–Kier alpha value is -1.60. The van der Waals surface area contributed by atoms with Crippen LogP contribution in [0.4, 0.5) is 0 Å². The molecule has 0 radical (unpaired) electrons. The van der Waals surface area contributed by atoms with Crippen molar-refractivity contribution in [1.29, 1.82) is 0 Å². The molecular weight excluding hydrogens is 620 g/mol. The van der Waals surface area contributed by atoms with Crippen molar-refractivity contribution < 1.29 is 54.4 Å². The molecule has 11 heteroatoms. The second kappa shape index (κ2) is 12.0. The van der Waals surface area contributed by atoms with Gasteiger partial charge in [0.2, 0.25) is 0 Å². The van der Waals surface area contributed by atoms with Crippen molar-refractivity contribution in [2.45, 2.75) is 129 Å². The monoisotopic (exact) mass is 678 g/mol. The van der Waals surface area contributed by atoms with Gasteiger partial charge in [-0.3, -0.25) is 9.59 Å². The Bertz CT molecular complexity index is 1320. The number of ether oxygens (including phenoxy) is 3. The van der Waals surface area contributed by atoms with E-state index in [9.17, 15) is 40.2 Å². The van der Waals surface area contributed by atoms with E-state index in [4.69, 9.17) is 14.2 Å². The van der Waals surface area contributed by atoms with Crippen LogP contribution in [0.15, 0.2) is 11.6 Å². The Kier molecular flexibility index (Phi) is 9.04. The van der Waals surface area contributed by atoms with Gasteiger partial charge < -0.3 is 44.8 Å². The molecule has 15 atom stereocenters. The van der Waals surface area contributed by atoms with Crippen LogP contribution in [0, 0.1) is 50.2 Å². The molecule has 0 aromatic heterocycles. The molecule has 0 amide bonds. The first-order valence-corrected chi connectivity index (χ1v) is 18.0. The molecule has 6 rings (SSSR count). The van der Waals surface area contributed by atoms with Crippen LogP contribution >= 0.6 is 0 Å². The van der Waals surface area contributed by atoms with Crippen LogP contribution in [0.25, 0.3) is 0 Å². The van der Waals surface area contributed by atoms with E-state index in [0.29, 0.717) is 32.1 Å². The van der Waals surface area contributed by atoms with Gasteiger partial charge in [0.1, 0.15) is 24.4 Å². The maximum Gasteiger partial charge on any atom is 0.311 e. The van der Waals surface area contributed by atoms with Crippen LogP contribution in [-0.4, -0.2) is 106 Å². The summed E-state index contributed by atoms with van der Waals surface area (Å²) >= 11 is 0. The number of methoxy groups -OCH3 is 1. The van der Waals surface area contributed by atoms with Gasteiger partial charge in [0.25, 0.3) is 0 Å². The molecule has 0 aromatic carbocycles. The number of allylic oxidation sites excluding steroid dienone is 2. The van der Waals surface area contributed by atoms with E-state index in [-0.39, 0.29) is 59.8 Å². The lowest BCUT2D eigenvalue weighted by molar-refractivity contribution is -0.266. The molecule has 5 fully saturated rings. The smallest absolute Gasteiger partial charge is 0.311 e. The number of aliphatic hydroxyl groups excluding tert-OH is 5. The molecule has 4 saturated carbocycles. The Labute approximate surface area is 284 Å². The average molecular weight is 679 g/mol. The molecule has 0 aromatic rings. The van der Waals surface area contributed by atoms with Gasteiger partial charge in [-0.15, -0.1) is 0 Å². The Balaban J connectivity index is 1.32. The van der Waals surface area contributed by atoms with E-state index in [1.165, 1.54) is 12.7 Å². The van der Waals surface area contributed by atoms with E-state index in [0.717, 1.165) is 25.7 Å². The van der Waals surface area contributed by atoms with Crippen molar-refractivity contribution in [3.63, 3.8) is 0 Å². The maximum atomic E-state index is 13.1. The van der Waals surface area contributed by atoms with Crippen molar-refractivity contribution in [3.05, 3.63) is 11.6 Å². The number of carboxylic acid groups (broad SMARTS) is 1. The van der Waals surface area contributed by atoms with Crippen molar-refractivity contribution in [2.24, 2.45) is 50.2 Å². The normalized spacial score (nSPS) is 53.3. The van der Waals surface area contributed by atoms with Crippen LogP contribution in [0.5, 0.6) is 0 Å². The summed E-state index contributed by atoms with van der Waals surface area (Å²) in [6, 6.07) is 0. The molecule has 48 heavy (non-hydrogen) atoms. The molecule has 5 aliphatic carbocycles. The number of carbonyl (C=O) groups excluding carboxylic acids is 1. The van der Waals surface area contributed by atoms with Crippen molar-refractivity contribution >= 4 is 11.9 Å². The fourth-order valence-corrected chi connectivity index (χ4v) is 12.5. The highest BCUT2D eigenvalue weighted by atomic mass is 16.6. The minimum atomic E-state index is -1.36. The summed E-state index contributed by atoms with van der Waals surface area (Å²) in [5.41, 5.74) is -2.19. The zero-order valence-electron chi connectivity index (χ0n) is 29.5. The molecular formula is C37H58O11. The van der Waals surface area contributed by atoms with E-state index >= 15 is 0 Å². The molecule has 1 saturated heterocycles. The topological polar surface area (TPSA) is 183 Å². The summed E-state index contributed by atoms with van der Waals surface area (Å²) in [6.07, 6.45) is 1.35. The number of hydrogen-bond acceptors (Lipinski definition) is 10. The van der Waals surface area contributed by atoms with Gasteiger partial charge in [0, 0.05) is 5.41 Å². The Morgan fingerprint density at radius 2 is 1.60 bits per heavy atom. The van der Waals surface area contributed by atoms with Crippen LogP contribution in [0.1, 0.15) is 92.4 Å². The molecule has 11 nitrogen and oxygen atoms in total. The Morgan fingerprint density at radius 1 is 0.917 bits per heavy atom. The standard InChI is InChI=1S/C37H58O11/c1-32(31(45)46-6)11-13-37(30(43)44)14-12-35(4)20(21(37)15-32)7-8-26-33(2)16-22(39)29(34(3,19-38)25(33)9-10-36(26,35)5)48-18-24-28(42)27(41)23(40)17-47-24/h7,21-29,38-42H,8-19H2,1-6H3,(H,43,44). The van der Waals surface area contributed by atoms with E-state index in [1.807, 2.05) is 13.8 Å². The maximum absolute atomic E-state index is 13.1. The van der Waals surface area contributed by atoms with E-state index in [2.05, 4.69) is 26.8 Å². The number of carboxylic acids is 1. The first-order chi connectivity index (χ1) is 22.4. The van der Waals surface area contributed by atoms with Gasteiger partial charge in [-0.2, -0.15) is 0 Å². The molecule has 15 unspecified atom stereocenters. The highest BCUT2D eigenvalue weighted by Gasteiger charge is 2.71. The SMILES string of the molecule is COC(=O)C1(C)CCC2(C(=O)O)CCC3(C)C(=CCC4C5(C)CC(O)C(OCC6OCC(O)C(O)C6O)C(C)(CO)C5CCC43C)C2C1. The number of carbonyl (C=O) groups is 2. The molecule has 0 spiro atoms. The first-order valence-electron chi connectivity index (χ1n) is 18.0. The molecule has 1 heterocycles. The average Bonchev–Trinajstić information content (AvgIpc) is 3.04. The molecule has 272 valence electrons. The van der Waals surface area contributed by atoms with Crippen molar-refractivity contribution in [3.8, 4) is 0 Å². The summed E-state index contributed by atoms with van der Waals surface area (Å²) in [6.45, 7) is 10.4. The summed E-state index contributed by atoms with van der Waals surface area (Å²) in [4.78, 5) is 26.1. The van der Waals surface area contributed by atoms with Crippen LogP contribution in [-0.2, 0) is 23.8 Å². The third-order valence-corrected chi connectivity index (χ3v) is 15.6. The highest BCUT2D eigenvalue weighted by Crippen LogP contribution is 2.76. The number of fused-ring (bicyclic) bond motifs is 7. The first kappa shape index (κ1) is 36.2. The van der Waals surface area contributed by atoms with Crippen molar-refractivity contribution in [2.75, 3.05) is 26.9 Å². The number of hydrogen-bond donors (Lipinski definition) is 6. The third kappa shape index (κ3) is 4.84. The number of aliphatic hydroxyl groups is 5. The number of aliphatic carboxylic acids is 1. The van der Waals surface area contributed by atoms with Crippen molar-refractivity contribution in [1.82, 2.24) is 0 Å². The van der Waals surface area contributed by atoms with Gasteiger partial charge in [0.15, 0.2) is 0 Å². The van der Waals surface area contributed by atoms with Gasteiger partial charge in [0.05, 0.1) is 50.0 Å². The predicted octanol–water partition coefficient (Wildman–Crippen LogP) is 2.84. The van der Waals surface area contributed by atoms with Gasteiger partial charge in [-0.25, -0.2) is 0 Å². The van der Waals surface area contributed by atoms with Crippen LogP contribution < -0.4 is 0 Å². The lowest BCUT2D eigenvalue weighted by Crippen LogP contribution is -2.68. The summed E-state index contributed by atoms with van der Waals surface area (Å²) < 4.78 is 17.1. The fourth-order valence-electron chi connectivity index (χ4n) is 12.5. The number of esters is 1. The second-order valence-electron chi connectivity index (χ2n) is 17.7.